The van der Waals surface area contributed by atoms with Crippen LogP contribution in [0.4, 0.5) is 11.1 Å². The van der Waals surface area contributed by atoms with Gasteiger partial charge in [0.05, 0.1) is 0 Å². The lowest BCUT2D eigenvalue weighted by Crippen LogP contribution is -2.63. The first kappa shape index (κ1) is 13.0. The SMILES string of the molecule is c1cnc(N2CCN(C3CN(c4nccs4)C3)CC2)nc1. The second-order valence-corrected chi connectivity index (χ2v) is 6.32. The summed E-state index contributed by atoms with van der Waals surface area (Å²) >= 11 is 1.72. The first-order valence-corrected chi connectivity index (χ1v) is 8.18. The van der Waals surface area contributed by atoms with Crippen LogP contribution in [0.1, 0.15) is 0 Å². The number of nitrogens with zero attached hydrogens (tertiary/aromatic N) is 6. The van der Waals surface area contributed by atoms with Gasteiger partial charge in [-0.25, -0.2) is 15.0 Å². The molecule has 2 aromatic rings. The lowest BCUT2D eigenvalue weighted by molar-refractivity contribution is 0.156. The summed E-state index contributed by atoms with van der Waals surface area (Å²) in [5, 5.41) is 3.20. The Balaban J connectivity index is 1.29. The highest BCUT2D eigenvalue weighted by Gasteiger charge is 2.34. The van der Waals surface area contributed by atoms with E-state index in [0.29, 0.717) is 6.04 Å². The summed E-state index contributed by atoms with van der Waals surface area (Å²) in [6, 6.07) is 2.54. The highest BCUT2D eigenvalue weighted by atomic mass is 32.1. The molecular weight excluding hydrogens is 284 g/mol. The smallest absolute Gasteiger partial charge is 0.225 e. The van der Waals surface area contributed by atoms with E-state index in [9.17, 15) is 0 Å². The summed E-state index contributed by atoms with van der Waals surface area (Å²) < 4.78 is 0. The maximum Gasteiger partial charge on any atom is 0.225 e. The molecule has 0 N–H and O–H groups in total. The third kappa shape index (κ3) is 2.58. The summed E-state index contributed by atoms with van der Waals surface area (Å²) in [4.78, 5) is 20.3. The number of anilines is 2. The van der Waals surface area contributed by atoms with Crippen LogP contribution in [0.5, 0.6) is 0 Å². The zero-order valence-corrected chi connectivity index (χ0v) is 12.6. The number of rotatable bonds is 3. The molecule has 0 unspecified atom stereocenters. The fraction of sp³-hybridized carbons (Fsp3) is 0.500. The van der Waals surface area contributed by atoms with Gasteiger partial charge < -0.3 is 9.80 Å². The quantitative estimate of drug-likeness (QED) is 0.841. The molecule has 110 valence electrons. The van der Waals surface area contributed by atoms with Crippen molar-refractivity contribution in [3.05, 3.63) is 30.0 Å². The first-order chi connectivity index (χ1) is 10.4. The summed E-state index contributed by atoms with van der Waals surface area (Å²) in [7, 11) is 0. The van der Waals surface area contributed by atoms with Crippen LogP contribution in [0.3, 0.4) is 0 Å². The van der Waals surface area contributed by atoms with Crippen LogP contribution in [-0.4, -0.2) is 65.2 Å². The summed E-state index contributed by atoms with van der Waals surface area (Å²) in [5.74, 6) is 0.857. The zero-order valence-electron chi connectivity index (χ0n) is 11.8. The molecule has 0 spiro atoms. The fourth-order valence-corrected chi connectivity index (χ4v) is 3.62. The molecule has 0 saturated carbocycles. The van der Waals surface area contributed by atoms with Crippen molar-refractivity contribution in [3.8, 4) is 0 Å². The molecule has 0 bridgehead atoms. The maximum atomic E-state index is 4.37. The molecule has 2 aliphatic rings. The van der Waals surface area contributed by atoms with Crippen molar-refractivity contribution >= 4 is 22.4 Å². The average Bonchev–Trinajstić information content (AvgIpc) is 3.01. The molecule has 21 heavy (non-hydrogen) atoms. The normalized spacial score (nSPS) is 20.6. The minimum Gasteiger partial charge on any atom is -0.345 e. The molecule has 0 aliphatic carbocycles. The van der Waals surface area contributed by atoms with Gasteiger partial charge in [-0.2, -0.15) is 0 Å². The topological polar surface area (TPSA) is 48.4 Å². The van der Waals surface area contributed by atoms with Gasteiger partial charge in [0.15, 0.2) is 5.13 Å². The molecule has 0 aromatic carbocycles. The second kappa shape index (κ2) is 5.57. The van der Waals surface area contributed by atoms with Crippen molar-refractivity contribution in [3.63, 3.8) is 0 Å². The molecular formula is C14H18N6S. The standard InChI is InChI=1S/C14H18N6S/c1-2-15-13(16-3-1)19-7-5-18(6-8-19)12-10-20(11-12)14-17-4-9-21-14/h1-4,9,12H,5-8,10-11H2. The van der Waals surface area contributed by atoms with Crippen molar-refractivity contribution in [2.24, 2.45) is 0 Å². The van der Waals surface area contributed by atoms with Gasteiger partial charge in [0, 0.05) is 69.3 Å². The van der Waals surface area contributed by atoms with Crippen molar-refractivity contribution in [1.29, 1.82) is 0 Å². The lowest BCUT2D eigenvalue weighted by atomic mass is 10.1. The average molecular weight is 302 g/mol. The van der Waals surface area contributed by atoms with E-state index in [4.69, 9.17) is 0 Å². The number of thiazole rings is 1. The maximum absolute atomic E-state index is 4.37. The van der Waals surface area contributed by atoms with Crippen LogP contribution in [0.2, 0.25) is 0 Å². The number of aromatic nitrogens is 3. The minimum atomic E-state index is 0.674. The Morgan fingerprint density at radius 2 is 1.67 bits per heavy atom. The molecule has 0 amide bonds. The van der Waals surface area contributed by atoms with Gasteiger partial charge in [0.2, 0.25) is 5.95 Å². The number of hydrogen-bond donors (Lipinski definition) is 0. The van der Waals surface area contributed by atoms with Crippen molar-refractivity contribution in [2.45, 2.75) is 6.04 Å². The Bertz CT molecular complexity index is 560. The Morgan fingerprint density at radius 1 is 0.905 bits per heavy atom. The van der Waals surface area contributed by atoms with Crippen LogP contribution in [0.15, 0.2) is 30.0 Å². The van der Waals surface area contributed by atoms with Gasteiger partial charge in [0.1, 0.15) is 0 Å². The number of hydrogen-bond acceptors (Lipinski definition) is 7. The van der Waals surface area contributed by atoms with Gasteiger partial charge in [-0.3, -0.25) is 4.90 Å². The molecule has 2 aromatic heterocycles. The van der Waals surface area contributed by atoms with Gasteiger partial charge in [-0.1, -0.05) is 0 Å². The molecule has 4 rings (SSSR count). The predicted octanol–water partition coefficient (Wildman–Crippen LogP) is 0.944. The monoisotopic (exact) mass is 302 g/mol. The second-order valence-electron chi connectivity index (χ2n) is 5.45. The van der Waals surface area contributed by atoms with Crippen LogP contribution in [0, 0.1) is 0 Å². The zero-order chi connectivity index (χ0) is 14.1. The molecule has 0 radical (unpaired) electrons. The number of piperazine rings is 1. The highest BCUT2D eigenvalue weighted by Crippen LogP contribution is 2.26. The van der Waals surface area contributed by atoms with E-state index >= 15 is 0 Å². The van der Waals surface area contributed by atoms with Gasteiger partial charge in [-0.05, 0) is 6.07 Å². The Labute approximate surface area is 128 Å². The third-order valence-electron chi connectivity index (χ3n) is 4.22. The summed E-state index contributed by atoms with van der Waals surface area (Å²) in [6.45, 7) is 6.42. The molecule has 2 saturated heterocycles. The fourth-order valence-electron chi connectivity index (χ4n) is 2.96. The van der Waals surface area contributed by atoms with Crippen LogP contribution in [-0.2, 0) is 0 Å². The lowest BCUT2D eigenvalue weighted by Gasteiger charge is -2.48. The molecule has 6 nitrogen and oxygen atoms in total. The Hall–Kier alpha value is -1.73. The molecule has 2 fully saturated rings. The Kier molecular flexibility index (Phi) is 3.44. The predicted molar refractivity (Wildman–Crippen MR) is 83.9 cm³/mol. The Morgan fingerprint density at radius 3 is 2.33 bits per heavy atom. The van der Waals surface area contributed by atoms with E-state index in [0.717, 1.165) is 50.3 Å². The van der Waals surface area contributed by atoms with E-state index in [-0.39, 0.29) is 0 Å². The van der Waals surface area contributed by atoms with E-state index in [1.54, 1.807) is 11.3 Å². The van der Waals surface area contributed by atoms with E-state index in [2.05, 4.69) is 29.7 Å². The van der Waals surface area contributed by atoms with E-state index < -0.39 is 0 Å². The van der Waals surface area contributed by atoms with E-state index in [1.807, 2.05) is 30.0 Å². The van der Waals surface area contributed by atoms with Gasteiger partial charge in [0.25, 0.3) is 0 Å². The molecule has 0 atom stereocenters. The van der Waals surface area contributed by atoms with Crippen molar-refractivity contribution < 1.29 is 0 Å². The third-order valence-corrected chi connectivity index (χ3v) is 5.05. The van der Waals surface area contributed by atoms with Crippen LogP contribution >= 0.6 is 11.3 Å². The summed E-state index contributed by atoms with van der Waals surface area (Å²) in [5.41, 5.74) is 0. The summed E-state index contributed by atoms with van der Waals surface area (Å²) in [6.07, 6.45) is 5.51. The first-order valence-electron chi connectivity index (χ1n) is 7.30. The van der Waals surface area contributed by atoms with Crippen LogP contribution in [0.25, 0.3) is 0 Å². The van der Waals surface area contributed by atoms with Crippen molar-refractivity contribution in [1.82, 2.24) is 19.9 Å². The van der Waals surface area contributed by atoms with E-state index in [1.165, 1.54) is 0 Å². The van der Waals surface area contributed by atoms with Crippen LogP contribution < -0.4 is 9.80 Å². The molecule has 4 heterocycles. The molecule has 2 aliphatic heterocycles. The van der Waals surface area contributed by atoms with Gasteiger partial charge >= 0.3 is 0 Å². The minimum absolute atomic E-state index is 0.674. The highest BCUT2D eigenvalue weighted by molar-refractivity contribution is 7.13. The molecule has 7 heteroatoms. The largest absolute Gasteiger partial charge is 0.345 e. The van der Waals surface area contributed by atoms with Crippen molar-refractivity contribution in [2.75, 3.05) is 49.1 Å². The van der Waals surface area contributed by atoms with Gasteiger partial charge in [-0.15, -0.1) is 11.3 Å².